The third-order valence-electron chi connectivity index (χ3n) is 4.68. The molecule has 128 valence electrons. The summed E-state index contributed by atoms with van der Waals surface area (Å²) in [4.78, 5) is 17.8. The molecule has 0 aliphatic rings. The summed E-state index contributed by atoms with van der Waals surface area (Å²) in [5.41, 5.74) is 4.70. The minimum absolute atomic E-state index is 0.00620. The predicted molar refractivity (Wildman–Crippen MR) is 106 cm³/mol. The fourth-order valence-corrected chi connectivity index (χ4v) is 3.28. The summed E-state index contributed by atoms with van der Waals surface area (Å²) in [6.07, 6.45) is 2.68. The zero-order valence-corrected chi connectivity index (χ0v) is 14.7. The van der Waals surface area contributed by atoms with E-state index >= 15 is 0 Å². The predicted octanol–water partition coefficient (Wildman–Crippen LogP) is 4.67. The summed E-state index contributed by atoms with van der Waals surface area (Å²) in [5.74, 6) is 0. The van der Waals surface area contributed by atoms with Crippen LogP contribution in [0.15, 0.2) is 83.8 Å². The summed E-state index contributed by atoms with van der Waals surface area (Å²) in [5, 5.41) is 0.972. The standard InChI is InChI=1S/C23H20N2O/c1-2-17-10-6-11-19(14-17)21-15-20-12-7-13-24-22(20)25(23(21)26)16-18-8-4-3-5-9-18/h3-15H,2,16H2,1H3. The zero-order chi connectivity index (χ0) is 17.9. The molecule has 0 saturated carbocycles. The molecule has 0 aliphatic heterocycles. The Labute approximate surface area is 152 Å². The molecule has 26 heavy (non-hydrogen) atoms. The highest BCUT2D eigenvalue weighted by molar-refractivity contribution is 5.81. The average molecular weight is 340 g/mol. The van der Waals surface area contributed by atoms with Gasteiger partial charge in [0.25, 0.3) is 5.56 Å². The van der Waals surface area contributed by atoms with Gasteiger partial charge < -0.3 is 0 Å². The van der Waals surface area contributed by atoms with Crippen molar-refractivity contribution in [1.29, 1.82) is 0 Å². The van der Waals surface area contributed by atoms with Gasteiger partial charge in [0, 0.05) is 17.1 Å². The molecule has 0 saturated heterocycles. The molecule has 0 amide bonds. The molecule has 4 rings (SSSR count). The van der Waals surface area contributed by atoms with Crippen LogP contribution in [0.2, 0.25) is 0 Å². The number of rotatable bonds is 4. The highest BCUT2D eigenvalue weighted by Gasteiger charge is 2.12. The van der Waals surface area contributed by atoms with Gasteiger partial charge in [-0.2, -0.15) is 0 Å². The van der Waals surface area contributed by atoms with Crippen molar-refractivity contribution in [3.05, 3.63) is 100 Å². The van der Waals surface area contributed by atoms with Crippen LogP contribution in [0, 0.1) is 0 Å². The monoisotopic (exact) mass is 340 g/mol. The molecule has 0 radical (unpaired) electrons. The van der Waals surface area contributed by atoms with Gasteiger partial charge in [0.1, 0.15) is 5.65 Å². The van der Waals surface area contributed by atoms with Crippen molar-refractivity contribution in [3.8, 4) is 11.1 Å². The second-order valence-electron chi connectivity index (χ2n) is 6.41. The minimum atomic E-state index is -0.00620. The van der Waals surface area contributed by atoms with E-state index in [0.29, 0.717) is 6.54 Å². The highest BCUT2D eigenvalue weighted by Crippen LogP contribution is 2.22. The van der Waals surface area contributed by atoms with Gasteiger partial charge in [0.15, 0.2) is 0 Å². The molecular weight excluding hydrogens is 320 g/mol. The second-order valence-corrected chi connectivity index (χ2v) is 6.41. The van der Waals surface area contributed by atoms with Gasteiger partial charge in [0.2, 0.25) is 0 Å². The summed E-state index contributed by atoms with van der Waals surface area (Å²) < 4.78 is 1.78. The van der Waals surface area contributed by atoms with Crippen LogP contribution in [-0.2, 0) is 13.0 Å². The van der Waals surface area contributed by atoms with E-state index < -0.39 is 0 Å². The van der Waals surface area contributed by atoms with Crippen molar-refractivity contribution in [3.63, 3.8) is 0 Å². The average Bonchev–Trinajstić information content (AvgIpc) is 2.70. The number of nitrogens with zero attached hydrogens (tertiary/aromatic N) is 2. The van der Waals surface area contributed by atoms with Crippen LogP contribution in [-0.4, -0.2) is 9.55 Å². The van der Waals surface area contributed by atoms with Crippen LogP contribution in [0.4, 0.5) is 0 Å². The number of pyridine rings is 2. The normalized spacial score (nSPS) is 11.0. The first-order valence-corrected chi connectivity index (χ1v) is 8.88. The van der Waals surface area contributed by atoms with E-state index in [1.54, 1.807) is 10.8 Å². The summed E-state index contributed by atoms with van der Waals surface area (Å²) in [6.45, 7) is 2.63. The first-order valence-electron chi connectivity index (χ1n) is 8.88. The Morgan fingerprint density at radius 2 is 1.69 bits per heavy atom. The quantitative estimate of drug-likeness (QED) is 0.541. The number of hydrogen-bond acceptors (Lipinski definition) is 2. The summed E-state index contributed by atoms with van der Waals surface area (Å²) in [6, 6.07) is 24.1. The van der Waals surface area contributed by atoms with Crippen molar-refractivity contribution in [2.24, 2.45) is 0 Å². The third-order valence-corrected chi connectivity index (χ3v) is 4.68. The lowest BCUT2D eigenvalue weighted by Gasteiger charge is -2.13. The van der Waals surface area contributed by atoms with Gasteiger partial charge in [-0.05, 0) is 41.3 Å². The summed E-state index contributed by atoms with van der Waals surface area (Å²) >= 11 is 0. The van der Waals surface area contributed by atoms with Crippen molar-refractivity contribution >= 4 is 11.0 Å². The first-order chi connectivity index (χ1) is 12.8. The molecule has 0 aliphatic carbocycles. The fourth-order valence-electron chi connectivity index (χ4n) is 3.28. The van der Waals surface area contributed by atoms with E-state index in [1.165, 1.54) is 5.56 Å². The molecule has 2 aromatic carbocycles. The van der Waals surface area contributed by atoms with Crippen LogP contribution in [0.1, 0.15) is 18.1 Å². The van der Waals surface area contributed by atoms with Gasteiger partial charge in [-0.1, -0.05) is 61.5 Å². The van der Waals surface area contributed by atoms with Gasteiger partial charge in [-0.25, -0.2) is 4.98 Å². The Morgan fingerprint density at radius 3 is 2.50 bits per heavy atom. The maximum absolute atomic E-state index is 13.3. The topological polar surface area (TPSA) is 34.9 Å². The van der Waals surface area contributed by atoms with Gasteiger partial charge >= 0.3 is 0 Å². The van der Waals surface area contributed by atoms with Gasteiger partial charge in [-0.15, -0.1) is 0 Å². The Hall–Kier alpha value is -3.20. The number of benzene rings is 2. The number of aromatic nitrogens is 2. The first kappa shape index (κ1) is 16.3. The zero-order valence-electron chi connectivity index (χ0n) is 14.7. The molecule has 3 heteroatoms. The smallest absolute Gasteiger partial charge is 0.260 e. The third kappa shape index (κ3) is 3.04. The molecule has 0 fully saturated rings. The molecule has 0 atom stereocenters. The fraction of sp³-hybridized carbons (Fsp3) is 0.130. The van der Waals surface area contributed by atoms with E-state index in [2.05, 4.69) is 24.0 Å². The van der Waals surface area contributed by atoms with E-state index in [0.717, 1.165) is 34.1 Å². The maximum atomic E-state index is 13.3. The van der Waals surface area contributed by atoms with Gasteiger partial charge in [-0.3, -0.25) is 9.36 Å². The van der Waals surface area contributed by atoms with Crippen LogP contribution in [0.3, 0.4) is 0 Å². The van der Waals surface area contributed by atoms with Crippen LogP contribution in [0.5, 0.6) is 0 Å². The van der Waals surface area contributed by atoms with Crippen molar-refractivity contribution in [2.45, 2.75) is 19.9 Å². The Bertz CT molecular complexity index is 1110. The SMILES string of the molecule is CCc1cccc(-c2cc3cccnc3n(Cc3ccccc3)c2=O)c1. The molecule has 0 unspecified atom stereocenters. The van der Waals surface area contributed by atoms with Crippen molar-refractivity contribution in [1.82, 2.24) is 9.55 Å². The van der Waals surface area contributed by atoms with Gasteiger partial charge in [0.05, 0.1) is 6.54 Å². The summed E-state index contributed by atoms with van der Waals surface area (Å²) in [7, 11) is 0. The van der Waals surface area contributed by atoms with Crippen molar-refractivity contribution < 1.29 is 0 Å². The number of hydrogen-bond donors (Lipinski definition) is 0. The van der Waals surface area contributed by atoms with E-state index in [1.807, 2.05) is 60.7 Å². The molecule has 0 bridgehead atoms. The van der Waals surface area contributed by atoms with Crippen LogP contribution < -0.4 is 5.56 Å². The molecule has 4 aromatic rings. The Morgan fingerprint density at radius 1 is 0.885 bits per heavy atom. The minimum Gasteiger partial charge on any atom is -0.288 e. The molecule has 0 N–H and O–H groups in total. The maximum Gasteiger partial charge on any atom is 0.260 e. The van der Waals surface area contributed by atoms with E-state index in [9.17, 15) is 4.79 Å². The molecule has 3 nitrogen and oxygen atoms in total. The van der Waals surface area contributed by atoms with Crippen LogP contribution >= 0.6 is 0 Å². The highest BCUT2D eigenvalue weighted by atomic mass is 16.1. The molecule has 0 spiro atoms. The van der Waals surface area contributed by atoms with E-state index in [-0.39, 0.29) is 5.56 Å². The second kappa shape index (κ2) is 6.96. The van der Waals surface area contributed by atoms with Crippen molar-refractivity contribution in [2.75, 3.05) is 0 Å². The molecule has 2 aromatic heterocycles. The molecular formula is C23H20N2O. The Balaban J connectivity index is 1.95. The lowest BCUT2D eigenvalue weighted by atomic mass is 10.0. The Kier molecular flexibility index (Phi) is 4.36. The van der Waals surface area contributed by atoms with Crippen LogP contribution in [0.25, 0.3) is 22.2 Å². The van der Waals surface area contributed by atoms with E-state index in [4.69, 9.17) is 0 Å². The largest absolute Gasteiger partial charge is 0.288 e. The number of fused-ring (bicyclic) bond motifs is 1. The molecule has 2 heterocycles. The number of aryl methyl sites for hydroxylation is 1. The lowest BCUT2D eigenvalue weighted by molar-refractivity contribution is 0.785. The lowest BCUT2D eigenvalue weighted by Crippen LogP contribution is -2.23.